The minimum absolute atomic E-state index is 0.00861. The first-order valence-electron chi connectivity index (χ1n) is 7.85. The molecule has 1 saturated heterocycles. The van der Waals surface area contributed by atoms with Gasteiger partial charge in [0.25, 0.3) is 5.91 Å². The third-order valence-electron chi connectivity index (χ3n) is 4.23. The summed E-state index contributed by atoms with van der Waals surface area (Å²) in [6.45, 7) is 5.02. The highest BCUT2D eigenvalue weighted by Crippen LogP contribution is 2.22. The molecule has 1 amide bonds. The number of fused-ring (bicyclic) bond motifs is 1. The maximum Gasteiger partial charge on any atom is 0.274 e. The minimum Gasteiger partial charge on any atom is -0.368 e. The van der Waals surface area contributed by atoms with Gasteiger partial charge in [0.15, 0.2) is 4.96 Å². The number of thiazole rings is 1. The number of nitrogens with zero attached hydrogens (tertiary/aromatic N) is 4. The van der Waals surface area contributed by atoms with E-state index in [1.54, 1.807) is 11.3 Å². The molecule has 1 aliphatic heterocycles. The first-order valence-corrected chi connectivity index (χ1v) is 9.04. The van der Waals surface area contributed by atoms with Gasteiger partial charge in [-0.25, -0.2) is 4.98 Å². The zero-order valence-electron chi connectivity index (χ0n) is 13.3. The van der Waals surface area contributed by atoms with Crippen molar-refractivity contribution in [1.82, 2.24) is 14.3 Å². The normalized spacial score (nSPS) is 15.2. The van der Waals surface area contributed by atoms with Gasteiger partial charge in [0.1, 0.15) is 5.69 Å². The second kappa shape index (κ2) is 6.11. The molecule has 124 valence electrons. The number of halogens is 1. The quantitative estimate of drug-likeness (QED) is 0.704. The van der Waals surface area contributed by atoms with Gasteiger partial charge in [0, 0.05) is 54.2 Å². The molecule has 7 heteroatoms. The Hall–Kier alpha value is -2.05. The van der Waals surface area contributed by atoms with Gasteiger partial charge >= 0.3 is 0 Å². The first-order chi connectivity index (χ1) is 11.6. The van der Waals surface area contributed by atoms with Crippen LogP contribution >= 0.6 is 22.9 Å². The van der Waals surface area contributed by atoms with E-state index in [0.29, 0.717) is 18.8 Å². The highest BCUT2D eigenvalue weighted by Gasteiger charge is 2.24. The second-order valence-electron chi connectivity index (χ2n) is 5.92. The Morgan fingerprint density at radius 3 is 2.71 bits per heavy atom. The van der Waals surface area contributed by atoms with Gasteiger partial charge in [-0.15, -0.1) is 11.3 Å². The van der Waals surface area contributed by atoms with Gasteiger partial charge in [-0.05, 0) is 25.1 Å². The van der Waals surface area contributed by atoms with Crippen molar-refractivity contribution >= 4 is 39.5 Å². The molecule has 0 atom stereocenters. The SMILES string of the molecule is Cc1cn2cc(C(=O)N3CCN(c4cccc(Cl)c4)CC3)nc2s1. The van der Waals surface area contributed by atoms with E-state index >= 15 is 0 Å². The number of rotatable bonds is 2. The number of hydrogen-bond acceptors (Lipinski definition) is 4. The molecular formula is C17H17ClN4OS. The van der Waals surface area contributed by atoms with Gasteiger partial charge in [-0.1, -0.05) is 17.7 Å². The van der Waals surface area contributed by atoms with Crippen LogP contribution in [-0.2, 0) is 0 Å². The highest BCUT2D eigenvalue weighted by molar-refractivity contribution is 7.17. The number of piperazine rings is 1. The molecule has 0 aliphatic carbocycles. The molecule has 1 aliphatic rings. The van der Waals surface area contributed by atoms with Crippen LogP contribution in [0.2, 0.25) is 5.02 Å². The van der Waals surface area contributed by atoms with E-state index in [9.17, 15) is 4.79 Å². The number of aromatic nitrogens is 2. The van der Waals surface area contributed by atoms with Crippen LogP contribution in [0.5, 0.6) is 0 Å². The monoisotopic (exact) mass is 360 g/mol. The predicted molar refractivity (Wildman–Crippen MR) is 97.4 cm³/mol. The summed E-state index contributed by atoms with van der Waals surface area (Å²) in [6, 6.07) is 7.84. The van der Waals surface area contributed by atoms with Crippen LogP contribution in [0.1, 0.15) is 15.4 Å². The van der Waals surface area contributed by atoms with Crippen molar-refractivity contribution in [1.29, 1.82) is 0 Å². The summed E-state index contributed by atoms with van der Waals surface area (Å²) in [4.78, 5) is 23.3. The molecule has 4 rings (SSSR count). The lowest BCUT2D eigenvalue weighted by molar-refractivity contribution is 0.0741. The third-order valence-corrected chi connectivity index (χ3v) is 5.38. The lowest BCUT2D eigenvalue weighted by Crippen LogP contribution is -2.48. The first kappa shape index (κ1) is 15.5. The van der Waals surface area contributed by atoms with Crippen molar-refractivity contribution < 1.29 is 4.79 Å². The fourth-order valence-electron chi connectivity index (χ4n) is 3.02. The van der Waals surface area contributed by atoms with Gasteiger partial charge < -0.3 is 9.80 Å². The van der Waals surface area contributed by atoms with Crippen LogP contribution in [-0.4, -0.2) is 46.4 Å². The van der Waals surface area contributed by atoms with Crippen LogP contribution in [0.3, 0.4) is 0 Å². The maximum atomic E-state index is 12.7. The maximum absolute atomic E-state index is 12.7. The number of anilines is 1. The molecule has 24 heavy (non-hydrogen) atoms. The molecule has 3 aromatic rings. The Balaban J connectivity index is 1.45. The van der Waals surface area contributed by atoms with Crippen LogP contribution < -0.4 is 4.90 Å². The Kier molecular flexibility index (Phi) is 3.94. The summed E-state index contributed by atoms with van der Waals surface area (Å²) in [5, 5.41) is 0.736. The Bertz CT molecular complexity index is 864. The molecule has 0 radical (unpaired) electrons. The molecule has 1 aromatic carbocycles. The van der Waals surface area contributed by atoms with Crippen molar-refractivity contribution in [3.8, 4) is 0 Å². The average Bonchev–Trinajstić information content (AvgIpc) is 3.11. The zero-order chi connectivity index (χ0) is 16.7. The van der Waals surface area contributed by atoms with E-state index < -0.39 is 0 Å². The van der Waals surface area contributed by atoms with Crippen LogP contribution in [0.4, 0.5) is 5.69 Å². The fourth-order valence-corrected chi connectivity index (χ4v) is 4.01. The Labute approximate surface area is 149 Å². The number of carbonyl (C=O) groups excluding carboxylic acids is 1. The summed E-state index contributed by atoms with van der Waals surface area (Å²) < 4.78 is 1.93. The van der Waals surface area contributed by atoms with Gasteiger partial charge in [-0.3, -0.25) is 9.20 Å². The number of amides is 1. The molecule has 0 N–H and O–H groups in total. The molecule has 0 bridgehead atoms. The van der Waals surface area contributed by atoms with Crippen molar-refractivity contribution in [2.45, 2.75) is 6.92 Å². The van der Waals surface area contributed by atoms with Crippen molar-refractivity contribution in [2.24, 2.45) is 0 Å². The van der Waals surface area contributed by atoms with Crippen molar-refractivity contribution in [3.05, 3.63) is 52.3 Å². The van der Waals surface area contributed by atoms with Crippen LogP contribution in [0.15, 0.2) is 36.7 Å². The smallest absolute Gasteiger partial charge is 0.274 e. The van der Waals surface area contributed by atoms with E-state index in [1.165, 1.54) is 4.88 Å². The Morgan fingerprint density at radius 1 is 1.21 bits per heavy atom. The molecule has 0 spiro atoms. The topological polar surface area (TPSA) is 40.9 Å². The van der Waals surface area contributed by atoms with E-state index in [2.05, 4.69) is 16.0 Å². The predicted octanol–water partition coefficient (Wildman–Crippen LogP) is 3.32. The molecule has 1 fully saturated rings. The Morgan fingerprint density at radius 2 is 2.00 bits per heavy atom. The van der Waals surface area contributed by atoms with E-state index in [4.69, 9.17) is 11.6 Å². The lowest BCUT2D eigenvalue weighted by Gasteiger charge is -2.35. The van der Waals surface area contributed by atoms with E-state index in [-0.39, 0.29) is 5.91 Å². The fraction of sp³-hybridized carbons (Fsp3) is 0.294. The van der Waals surface area contributed by atoms with E-state index in [0.717, 1.165) is 28.8 Å². The number of imidazole rings is 1. The molecule has 0 unspecified atom stereocenters. The molecular weight excluding hydrogens is 344 g/mol. The lowest BCUT2D eigenvalue weighted by atomic mass is 10.2. The molecule has 3 heterocycles. The summed E-state index contributed by atoms with van der Waals surface area (Å²) in [6.07, 6.45) is 3.82. The standard InChI is InChI=1S/C17H17ClN4OS/c1-12-10-22-11-15(19-17(22)24-12)16(23)21-7-5-20(6-8-21)14-4-2-3-13(18)9-14/h2-4,9-11H,5-8H2,1H3. The molecule has 0 saturated carbocycles. The summed E-state index contributed by atoms with van der Waals surface area (Å²) in [7, 11) is 0. The van der Waals surface area contributed by atoms with Crippen LogP contribution in [0, 0.1) is 6.92 Å². The number of benzene rings is 1. The number of carbonyl (C=O) groups is 1. The number of hydrogen-bond donors (Lipinski definition) is 0. The molecule has 5 nitrogen and oxygen atoms in total. The largest absolute Gasteiger partial charge is 0.368 e. The second-order valence-corrected chi connectivity index (χ2v) is 7.57. The van der Waals surface area contributed by atoms with Gasteiger partial charge in [0.05, 0.1) is 0 Å². The van der Waals surface area contributed by atoms with Crippen molar-refractivity contribution in [2.75, 3.05) is 31.1 Å². The summed E-state index contributed by atoms with van der Waals surface area (Å²) in [5.74, 6) is 0.00861. The zero-order valence-corrected chi connectivity index (χ0v) is 14.8. The third kappa shape index (κ3) is 2.87. The number of aryl methyl sites for hydroxylation is 1. The van der Waals surface area contributed by atoms with Gasteiger partial charge in [0.2, 0.25) is 0 Å². The summed E-state index contributed by atoms with van der Waals surface area (Å²) in [5.41, 5.74) is 1.63. The van der Waals surface area contributed by atoms with Crippen molar-refractivity contribution in [3.63, 3.8) is 0 Å². The van der Waals surface area contributed by atoms with Crippen LogP contribution in [0.25, 0.3) is 4.96 Å². The molecule has 2 aromatic heterocycles. The average molecular weight is 361 g/mol. The van der Waals surface area contributed by atoms with Gasteiger partial charge in [-0.2, -0.15) is 0 Å². The minimum atomic E-state index is 0.00861. The van der Waals surface area contributed by atoms with E-state index in [1.807, 2.05) is 46.8 Å². The highest BCUT2D eigenvalue weighted by atomic mass is 35.5. The summed E-state index contributed by atoms with van der Waals surface area (Å²) >= 11 is 7.66.